The van der Waals surface area contributed by atoms with Crippen molar-refractivity contribution in [1.29, 1.82) is 0 Å². The van der Waals surface area contributed by atoms with E-state index in [0.717, 1.165) is 16.5 Å². The van der Waals surface area contributed by atoms with Crippen LogP contribution in [0.3, 0.4) is 0 Å². The summed E-state index contributed by atoms with van der Waals surface area (Å²) >= 11 is 8.50. The van der Waals surface area contributed by atoms with E-state index in [1.165, 1.54) is 0 Å². The van der Waals surface area contributed by atoms with Gasteiger partial charge in [0.15, 0.2) is 0 Å². The Morgan fingerprint density at radius 2 is 1.91 bits per heavy atom. The van der Waals surface area contributed by atoms with Crippen LogP contribution in [0.5, 0.6) is 0 Å². The van der Waals surface area contributed by atoms with Crippen LogP contribution < -0.4 is 11.1 Å². The van der Waals surface area contributed by atoms with Crippen molar-refractivity contribution in [3.8, 4) is 0 Å². The Hall–Kier alpha value is 0.518. The van der Waals surface area contributed by atoms with Crippen molar-refractivity contribution in [3.05, 3.63) is 34.3 Å². The summed E-state index contributed by atoms with van der Waals surface area (Å²) in [5.74, 6) is -2.61. The summed E-state index contributed by atoms with van der Waals surface area (Å²) in [7, 11) is 0. The van der Waals surface area contributed by atoms with Crippen molar-refractivity contribution in [2.75, 3.05) is 0 Å². The van der Waals surface area contributed by atoms with Crippen molar-refractivity contribution >= 4 is 28.6 Å². The number of alkyl halides is 2. The number of hydrogen-bond donors (Lipinski definition) is 2. The molecule has 1 aliphatic carbocycles. The maximum Gasteiger partial charge on any atom is 0.250 e. The van der Waals surface area contributed by atoms with Crippen molar-refractivity contribution in [2.45, 2.75) is 61.9 Å². The molecule has 1 saturated heterocycles. The molecule has 1 aromatic rings. The first-order valence-corrected chi connectivity index (χ1v) is 8.90. The van der Waals surface area contributed by atoms with Gasteiger partial charge in [-0.25, -0.2) is 8.78 Å². The molecule has 7 heteroatoms. The minimum Gasteiger partial charge on any atom is -0.774 e. The van der Waals surface area contributed by atoms with Crippen molar-refractivity contribution in [1.82, 2.24) is 5.32 Å². The van der Waals surface area contributed by atoms with Gasteiger partial charge in [-0.3, -0.25) is 0 Å². The van der Waals surface area contributed by atoms with Crippen LogP contribution in [0.25, 0.3) is 0 Å². The molecule has 3 N–H and O–H groups in total. The van der Waals surface area contributed by atoms with Crippen molar-refractivity contribution in [3.63, 3.8) is 0 Å². The third-order valence-corrected chi connectivity index (χ3v) is 5.31. The Bertz CT molecular complexity index is 519. The van der Waals surface area contributed by atoms with E-state index in [1.807, 2.05) is 38.1 Å². The molecule has 1 aromatic carbocycles. The van der Waals surface area contributed by atoms with E-state index in [1.54, 1.807) is 0 Å². The van der Waals surface area contributed by atoms with Gasteiger partial charge in [0.2, 0.25) is 5.92 Å². The molecule has 3 rings (SSSR count). The molecular formula is C16H22BrF2N2SW-. The first-order valence-electron chi connectivity index (χ1n) is 7.64. The molecule has 130 valence electrons. The normalized spacial score (nSPS) is 28.1. The van der Waals surface area contributed by atoms with Gasteiger partial charge in [0.05, 0.1) is 0 Å². The largest absolute Gasteiger partial charge is 0.774 e. The minimum atomic E-state index is -2.61. The molecule has 0 bridgehead atoms. The van der Waals surface area contributed by atoms with Gasteiger partial charge in [0.25, 0.3) is 0 Å². The molecule has 0 aromatic heterocycles. The number of nitrogens with two attached hydrogens (primary N) is 1. The summed E-state index contributed by atoms with van der Waals surface area (Å²) in [5.41, 5.74) is 6.56. The predicted octanol–water partition coefficient (Wildman–Crippen LogP) is 3.70. The SMILES string of the molecule is CC.NC(C1CC([S-])N1)C1(c2cccc(Br)c2)CC(F)(F)C1.[W]. The Balaban J connectivity index is 0.000000849. The van der Waals surface area contributed by atoms with Gasteiger partial charge < -0.3 is 23.7 Å². The summed E-state index contributed by atoms with van der Waals surface area (Å²) in [6, 6.07) is 7.25. The average Bonchev–Trinajstić information content (AvgIpc) is 2.42. The second kappa shape index (κ2) is 8.27. The predicted molar refractivity (Wildman–Crippen MR) is 92.0 cm³/mol. The van der Waals surface area contributed by atoms with Crippen LogP contribution in [0.4, 0.5) is 8.78 Å². The number of hydrogen-bond acceptors (Lipinski definition) is 3. The Kier molecular flexibility index (Phi) is 7.75. The van der Waals surface area contributed by atoms with Crippen LogP contribution in [0.15, 0.2) is 28.7 Å². The van der Waals surface area contributed by atoms with E-state index in [4.69, 9.17) is 18.4 Å². The fraction of sp³-hybridized carbons (Fsp3) is 0.625. The first-order chi connectivity index (χ1) is 10.3. The topological polar surface area (TPSA) is 38.0 Å². The maximum atomic E-state index is 13.5. The van der Waals surface area contributed by atoms with Gasteiger partial charge in [-0.15, -0.1) is 5.37 Å². The van der Waals surface area contributed by atoms with Crippen LogP contribution in [-0.2, 0) is 39.1 Å². The maximum absolute atomic E-state index is 13.5. The Morgan fingerprint density at radius 1 is 1.35 bits per heavy atom. The zero-order valence-electron chi connectivity index (χ0n) is 13.2. The van der Waals surface area contributed by atoms with Crippen molar-refractivity contribution < 1.29 is 29.8 Å². The molecular weight excluding hydrogens is 554 g/mol. The molecule has 0 amide bonds. The zero-order chi connectivity index (χ0) is 16.5. The minimum absolute atomic E-state index is 0. The summed E-state index contributed by atoms with van der Waals surface area (Å²) in [6.07, 6.45) is 0.410. The third kappa shape index (κ3) is 4.38. The van der Waals surface area contributed by atoms with Crippen LogP contribution in [0, 0.1) is 0 Å². The molecule has 1 saturated carbocycles. The molecule has 2 fully saturated rings. The molecule has 3 unspecified atom stereocenters. The fourth-order valence-corrected chi connectivity index (χ4v) is 4.16. The smallest absolute Gasteiger partial charge is 0.250 e. The molecule has 3 atom stereocenters. The third-order valence-electron chi connectivity index (χ3n) is 4.49. The van der Waals surface area contributed by atoms with E-state index in [2.05, 4.69) is 21.2 Å². The second-order valence-electron chi connectivity index (χ2n) is 5.90. The van der Waals surface area contributed by atoms with E-state index in [0.29, 0.717) is 0 Å². The molecule has 1 heterocycles. The van der Waals surface area contributed by atoms with E-state index in [-0.39, 0.29) is 51.4 Å². The van der Waals surface area contributed by atoms with Gasteiger partial charge >= 0.3 is 0 Å². The molecule has 1 aliphatic heterocycles. The summed E-state index contributed by atoms with van der Waals surface area (Å²) in [4.78, 5) is 0. The average molecular weight is 576 g/mol. The number of benzene rings is 1. The van der Waals surface area contributed by atoms with Gasteiger partial charge in [-0.2, -0.15) is 0 Å². The van der Waals surface area contributed by atoms with Gasteiger partial charge in [0.1, 0.15) is 0 Å². The quantitative estimate of drug-likeness (QED) is 0.540. The van der Waals surface area contributed by atoms with E-state index >= 15 is 0 Å². The monoisotopic (exact) mass is 575 g/mol. The molecule has 0 spiro atoms. The summed E-state index contributed by atoms with van der Waals surface area (Å²) in [6.45, 7) is 4.00. The van der Waals surface area contributed by atoms with E-state index < -0.39 is 11.3 Å². The molecule has 2 nitrogen and oxygen atoms in total. The Morgan fingerprint density at radius 3 is 2.35 bits per heavy atom. The summed E-state index contributed by atoms with van der Waals surface area (Å²) in [5, 5.41) is 3.18. The van der Waals surface area contributed by atoms with Crippen LogP contribution in [0.1, 0.15) is 38.7 Å². The van der Waals surface area contributed by atoms with Gasteiger partial charge in [-0.05, 0) is 24.1 Å². The molecule has 23 heavy (non-hydrogen) atoms. The van der Waals surface area contributed by atoms with Crippen LogP contribution in [-0.4, -0.2) is 23.4 Å². The fourth-order valence-electron chi connectivity index (χ4n) is 3.38. The van der Waals surface area contributed by atoms with Crippen molar-refractivity contribution in [2.24, 2.45) is 5.73 Å². The zero-order valence-corrected chi connectivity index (χ0v) is 18.5. The first kappa shape index (κ1) is 21.6. The van der Waals surface area contributed by atoms with Crippen LogP contribution >= 0.6 is 15.9 Å². The molecule has 2 aliphatic rings. The van der Waals surface area contributed by atoms with Gasteiger partial charge in [-0.1, -0.05) is 41.9 Å². The summed E-state index contributed by atoms with van der Waals surface area (Å²) < 4.78 is 28.0. The Labute approximate surface area is 165 Å². The number of rotatable bonds is 3. The number of nitrogens with one attached hydrogen (secondary N) is 1. The second-order valence-corrected chi connectivity index (χ2v) is 7.38. The molecule has 0 radical (unpaired) electrons. The number of halogens is 3. The standard InChI is InChI=1S/C14H17BrF2N2S.C2H6.W/c15-9-3-1-2-8(4-9)13(6-14(16,17)7-13)12(18)10-5-11(20)19-10;1-2;/h1-4,10-12,19-20H,5-7,18H2;1-2H3;/p-1. The van der Waals surface area contributed by atoms with Crippen LogP contribution in [0.2, 0.25) is 0 Å². The van der Waals surface area contributed by atoms with E-state index in [9.17, 15) is 8.78 Å². The van der Waals surface area contributed by atoms with Gasteiger partial charge in [0, 0.05) is 55.9 Å².